The van der Waals surface area contributed by atoms with Gasteiger partial charge < -0.3 is 10.2 Å². The number of halogens is 1. The van der Waals surface area contributed by atoms with Gasteiger partial charge >= 0.3 is 6.03 Å². The van der Waals surface area contributed by atoms with E-state index in [0.29, 0.717) is 12.1 Å². The molecule has 1 fully saturated rings. The third-order valence-electron chi connectivity index (χ3n) is 3.44. The number of urea groups is 1. The molecule has 1 aliphatic heterocycles. The second kappa shape index (κ2) is 4.54. The van der Waals surface area contributed by atoms with Gasteiger partial charge in [-0.2, -0.15) is 5.26 Å². The van der Waals surface area contributed by atoms with Crippen LogP contribution in [0.25, 0.3) is 0 Å². The average molecular weight is 261 g/mol. The maximum absolute atomic E-state index is 13.2. The number of carbonyl (C=O) groups is 1. The van der Waals surface area contributed by atoms with Gasteiger partial charge in [0, 0.05) is 6.54 Å². The lowest BCUT2D eigenvalue weighted by atomic mass is 10.0. The maximum atomic E-state index is 13.2. The summed E-state index contributed by atoms with van der Waals surface area (Å²) in [5, 5.41) is 11.9. The minimum Gasteiger partial charge on any atom is -0.329 e. The average Bonchev–Trinajstić information content (AvgIpc) is 2.75. The smallest absolute Gasteiger partial charge is 0.319 e. The number of amides is 2. The SMILES string of the molecule is Cc1cc(C2CN(C(C)(C)C#N)C(=O)N2)ccc1F. The van der Waals surface area contributed by atoms with E-state index in [2.05, 4.69) is 11.4 Å². The van der Waals surface area contributed by atoms with Crippen LogP contribution in [0.2, 0.25) is 0 Å². The zero-order chi connectivity index (χ0) is 14.2. The van der Waals surface area contributed by atoms with Crippen molar-refractivity contribution in [2.45, 2.75) is 32.4 Å². The Morgan fingerprint density at radius 2 is 2.21 bits per heavy atom. The summed E-state index contributed by atoms with van der Waals surface area (Å²) in [5.41, 5.74) is 0.543. The van der Waals surface area contributed by atoms with Crippen LogP contribution in [0.4, 0.5) is 9.18 Å². The molecule has 2 rings (SSSR count). The van der Waals surface area contributed by atoms with Crippen LogP contribution in [0.5, 0.6) is 0 Å². The monoisotopic (exact) mass is 261 g/mol. The molecule has 100 valence electrons. The molecule has 0 saturated carbocycles. The minimum absolute atomic E-state index is 0.209. The molecule has 1 N–H and O–H groups in total. The highest BCUT2D eigenvalue weighted by atomic mass is 19.1. The number of nitrogens with one attached hydrogen (secondary N) is 1. The third-order valence-corrected chi connectivity index (χ3v) is 3.44. The first-order valence-corrected chi connectivity index (χ1v) is 6.10. The van der Waals surface area contributed by atoms with Gasteiger partial charge in [0.15, 0.2) is 0 Å². The predicted molar refractivity (Wildman–Crippen MR) is 68.8 cm³/mol. The first kappa shape index (κ1) is 13.3. The molecule has 0 aromatic heterocycles. The Labute approximate surface area is 111 Å². The molecule has 1 unspecified atom stereocenters. The maximum Gasteiger partial charge on any atom is 0.319 e. The van der Waals surface area contributed by atoms with E-state index in [1.54, 1.807) is 32.9 Å². The quantitative estimate of drug-likeness (QED) is 0.889. The van der Waals surface area contributed by atoms with Gasteiger partial charge in [0.25, 0.3) is 0 Å². The van der Waals surface area contributed by atoms with E-state index >= 15 is 0 Å². The van der Waals surface area contributed by atoms with Crippen LogP contribution >= 0.6 is 0 Å². The number of nitriles is 1. The van der Waals surface area contributed by atoms with Gasteiger partial charge in [0.1, 0.15) is 11.4 Å². The molecule has 1 aromatic carbocycles. The molecule has 19 heavy (non-hydrogen) atoms. The molecule has 0 spiro atoms. The van der Waals surface area contributed by atoms with Crippen molar-refractivity contribution in [1.82, 2.24) is 10.2 Å². The molecule has 1 saturated heterocycles. The molecule has 1 aliphatic rings. The molecule has 0 radical (unpaired) electrons. The van der Waals surface area contributed by atoms with Gasteiger partial charge in [-0.1, -0.05) is 12.1 Å². The first-order valence-electron chi connectivity index (χ1n) is 6.10. The standard InChI is InChI=1S/C14H16FN3O/c1-9-6-10(4-5-11(9)15)12-7-18(13(19)17-12)14(2,3)8-16/h4-6,12H,7H2,1-3H3,(H,17,19). The number of hydrogen-bond donors (Lipinski definition) is 1. The number of hydrogen-bond acceptors (Lipinski definition) is 2. The zero-order valence-electron chi connectivity index (χ0n) is 11.2. The number of benzene rings is 1. The van der Waals surface area contributed by atoms with Gasteiger partial charge in [-0.05, 0) is 38.0 Å². The Bertz CT molecular complexity index is 562. The Hall–Kier alpha value is -2.09. The van der Waals surface area contributed by atoms with Crippen LogP contribution in [0.1, 0.15) is 31.0 Å². The molecule has 4 nitrogen and oxygen atoms in total. The topological polar surface area (TPSA) is 56.1 Å². The predicted octanol–water partition coefficient (Wildman–Crippen LogP) is 2.50. The summed E-state index contributed by atoms with van der Waals surface area (Å²) in [5.74, 6) is -0.262. The Morgan fingerprint density at radius 3 is 2.79 bits per heavy atom. The Balaban J connectivity index is 2.24. The van der Waals surface area contributed by atoms with Gasteiger partial charge in [-0.3, -0.25) is 0 Å². The normalized spacial score (nSPS) is 19.2. The van der Waals surface area contributed by atoms with Crippen molar-refractivity contribution in [3.8, 4) is 6.07 Å². The molecule has 1 atom stereocenters. The van der Waals surface area contributed by atoms with E-state index in [-0.39, 0.29) is 17.9 Å². The molecule has 0 aliphatic carbocycles. The van der Waals surface area contributed by atoms with Crippen molar-refractivity contribution < 1.29 is 9.18 Å². The Morgan fingerprint density at radius 1 is 1.53 bits per heavy atom. The van der Waals surface area contributed by atoms with Crippen LogP contribution in [0, 0.1) is 24.1 Å². The number of rotatable bonds is 2. The summed E-state index contributed by atoms with van der Waals surface area (Å²) in [7, 11) is 0. The minimum atomic E-state index is -0.853. The van der Waals surface area contributed by atoms with E-state index in [1.807, 2.05) is 0 Å². The zero-order valence-corrected chi connectivity index (χ0v) is 11.2. The molecule has 2 amide bonds. The second-order valence-electron chi connectivity index (χ2n) is 5.29. The van der Waals surface area contributed by atoms with Crippen LogP contribution in [0.15, 0.2) is 18.2 Å². The van der Waals surface area contributed by atoms with Crippen molar-refractivity contribution in [3.05, 3.63) is 35.1 Å². The highest BCUT2D eigenvalue weighted by molar-refractivity contribution is 5.78. The van der Waals surface area contributed by atoms with Crippen molar-refractivity contribution in [2.75, 3.05) is 6.54 Å². The van der Waals surface area contributed by atoms with E-state index in [4.69, 9.17) is 5.26 Å². The van der Waals surface area contributed by atoms with Crippen LogP contribution in [-0.4, -0.2) is 23.0 Å². The summed E-state index contributed by atoms with van der Waals surface area (Å²) in [6, 6.07) is 6.42. The highest BCUT2D eigenvalue weighted by Crippen LogP contribution is 2.27. The lowest BCUT2D eigenvalue weighted by Gasteiger charge is -2.27. The van der Waals surface area contributed by atoms with Crippen molar-refractivity contribution in [2.24, 2.45) is 0 Å². The molecule has 1 aromatic rings. The van der Waals surface area contributed by atoms with E-state index in [1.165, 1.54) is 11.0 Å². The molecule has 1 heterocycles. The highest BCUT2D eigenvalue weighted by Gasteiger charge is 2.39. The lowest BCUT2D eigenvalue weighted by Crippen LogP contribution is -2.44. The molecule has 5 heteroatoms. The summed E-state index contributed by atoms with van der Waals surface area (Å²) in [6.45, 7) is 5.49. The second-order valence-corrected chi connectivity index (χ2v) is 5.29. The van der Waals surface area contributed by atoms with E-state index in [9.17, 15) is 9.18 Å². The van der Waals surface area contributed by atoms with Gasteiger partial charge in [-0.25, -0.2) is 9.18 Å². The fourth-order valence-electron chi connectivity index (χ4n) is 2.15. The summed E-state index contributed by atoms with van der Waals surface area (Å²) < 4.78 is 13.2. The Kier molecular flexibility index (Phi) is 3.19. The van der Waals surface area contributed by atoms with E-state index < -0.39 is 5.54 Å². The van der Waals surface area contributed by atoms with E-state index in [0.717, 1.165) is 5.56 Å². The summed E-state index contributed by atoms with van der Waals surface area (Å²) in [4.78, 5) is 13.4. The van der Waals surface area contributed by atoms with Crippen LogP contribution < -0.4 is 5.32 Å². The molecular weight excluding hydrogens is 245 g/mol. The molecule has 0 bridgehead atoms. The van der Waals surface area contributed by atoms with Crippen LogP contribution in [-0.2, 0) is 0 Å². The van der Waals surface area contributed by atoms with Crippen LogP contribution in [0.3, 0.4) is 0 Å². The van der Waals surface area contributed by atoms with Gasteiger partial charge in [-0.15, -0.1) is 0 Å². The molecular formula is C14H16FN3O. The van der Waals surface area contributed by atoms with Crippen molar-refractivity contribution in [3.63, 3.8) is 0 Å². The number of aryl methyl sites for hydroxylation is 1. The first-order chi connectivity index (χ1) is 8.85. The fourth-order valence-corrected chi connectivity index (χ4v) is 2.15. The van der Waals surface area contributed by atoms with Gasteiger partial charge in [0.2, 0.25) is 0 Å². The van der Waals surface area contributed by atoms with Gasteiger partial charge in [0.05, 0.1) is 12.1 Å². The number of nitrogens with zero attached hydrogens (tertiary/aromatic N) is 2. The van der Waals surface area contributed by atoms with Crippen molar-refractivity contribution >= 4 is 6.03 Å². The summed E-state index contributed by atoms with van der Waals surface area (Å²) >= 11 is 0. The largest absolute Gasteiger partial charge is 0.329 e. The fraction of sp³-hybridized carbons (Fsp3) is 0.429. The summed E-state index contributed by atoms with van der Waals surface area (Å²) in [6.07, 6.45) is 0. The van der Waals surface area contributed by atoms with Crippen molar-refractivity contribution in [1.29, 1.82) is 5.26 Å². The lowest BCUT2D eigenvalue weighted by molar-refractivity contribution is 0.186. The number of carbonyl (C=O) groups excluding carboxylic acids is 1. The third kappa shape index (κ3) is 2.39.